The third-order valence-corrected chi connectivity index (χ3v) is 13.0. The standard InChI is InChI=1S/C68H114O6/c1-4-7-10-13-16-19-22-25-28-30-31-32-33-34-35-36-38-40-43-46-49-52-55-58-61-67(70)73-64-65(63-72-66(69)60-57-54-51-48-45-42-39-27-24-21-18-15-12-9-6-3)74-68(71)62-59-56-53-50-47-44-41-37-29-26-23-20-17-14-11-8-5-2/h8-9,11-12,17-18,20-21,26-27,29,39,41,44-45,48,50,53,65H,4-7,10,13-16,19,22-25,28,30-38,40,42-43,46-47,49,51-52,54-64H2,1-3H3/b11-8-,12-9-,20-17-,21-18-,29-26-,39-27-,44-41-,48-45-,53-50-. The zero-order valence-corrected chi connectivity index (χ0v) is 48.3. The average molecular weight is 1030 g/mol. The van der Waals surface area contributed by atoms with Gasteiger partial charge in [0.1, 0.15) is 13.2 Å². The molecular formula is C68H114O6. The minimum Gasteiger partial charge on any atom is -0.462 e. The number of unbranched alkanes of at least 4 members (excludes halogenated alkanes) is 26. The van der Waals surface area contributed by atoms with Crippen LogP contribution in [-0.4, -0.2) is 37.2 Å². The predicted octanol–water partition coefficient (Wildman–Crippen LogP) is 21.0. The van der Waals surface area contributed by atoms with E-state index in [-0.39, 0.29) is 37.5 Å². The van der Waals surface area contributed by atoms with E-state index in [1.807, 2.05) is 0 Å². The Labute approximate surface area is 457 Å². The molecule has 0 saturated heterocycles. The first-order valence-corrected chi connectivity index (χ1v) is 30.9. The van der Waals surface area contributed by atoms with Crippen LogP contribution in [0.15, 0.2) is 109 Å². The van der Waals surface area contributed by atoms with E-state index >= 15 is 0 Å². The molecule has 0 amide bonds. The summed E-state index contributed by atoms with van der Waals surface area (Å²) >= 11 is 0. The van der Waals surface area contributed by atoms with Crippen LogP contribution in [0.3, 0.4) is 0 Å². The summed E-state index contributed by atoms with van der Waals surface area (Å²) in [4.78, 5) is 38.2. The van der Waals surface area contributed by atoms with Gasteiger partial charge in [0.05, 0.1) is 0 Å². The third-order valence-electron chi connectivity index (χ3n) is 13.0. The molecular weight excluding hydrogens is 913 g/mol. The molecule has 0 radical (unpaired) electrons. The van der Waals surface area contributed by atoms with E-state index in [2.05, 4.69) is 130 Å². The van der Waals surface area contributed by atoms with Crippen molar-refractivity contribution >= 4 is 17.9 Å². The van der Waals surface area contributed by atoms with Gasteiger partial charge in [-0.1, -0.05) is 278 Å². The molecule has 0 aliphatic carbocycles. The van der Waals surface area contributed by atoms with E-state index in [0.717, 1.165) is 96.3 Å². The molecule has 0 fully saturated rings. The molecule has 1 atom stereocenters. The second-order valence-electron chi connectivity index (χ2n) is 20.2. The molecule has 0 aromatic carbocycles. The van der Waals surface area contributed by atoms with Crippen LogP contribution in [0.4, 0.5) is 0 Å². The van der Waals surface area contributed by atoms with Crippen molar-refractivity contribution in [2.24, 2.45) is 0 Å². The maximum absolute atomic E-state index is 12.9. The number of hydrogen-bond donors (Lipinski definition) is 0. The number of hydrogen-bond acceptors (Lipinski definition) is 6. The van der Waals surface area contributed by atoms with E-state index in [4.69, 9.17) is 14.2 Å². The Hall–Kier alpha value is -3.93. The van der Waals surface area contributed by atoms with E-state index in [1.165, 1.54) is 135 Å². The number of carbonyl (C=O) groups is 3. The highest BCUT2D eigenvalue weighted by Gasteiger charge is 2.19. The number of allylic oxidation sites excluding steroid dienone is 18. The van der Waals surface area contributed by atoms with Crippen molar-refractivity contribution in [1.82, 2.24) is 0 Å². The van der Waals surface area contributed by atoms with Crippen LogP contribution in [-0.2, 0) is 28.6 Å². The molecule has 422 valence electrons. The quantitative estimate of drug-likeness (QED) is 0.0261. The molecule has 6 nitrogen and oxygen atoms in total. The molecule has 0 aromatic rings. The van der Waals surface area contributed by atoms with Gasteiger partial charge >= 0.3 is 17.9 Å². The van der Waals surface area contributed by atoms with Crippen LogP contribution in [0.2, 0.25) is 0 Å². The first kappa shape index (κ1) is 70.1. The monoisotopic (exact) mass is 1030 g/mol. The second-order valence-corrected chi connectivity index (χ2v) is 20.2. The fraction of sp³-hybridized carbons (Fsp3) is 0.691. The Bertz CT molecular complexity index is 1510. The lowest BCUT2D eigenvalue weighted by Crippen LogP contribution is -2.30. The summed E-state index contributed by atoms with van der Waals surface area (Å²) in [6.45, 7) is 6.35. The number of rotatable bonds is 55. The van der Waals surface area contributed by atoms with Crippen molar-refractivity contribution in [3.05, 3.63) is 109 Å². The molecule has 74 heavy (non-hydrogen) atoms. The van der Waals surface area contributed by atoms with Crippen LogP contribution >= 0.6 is 0 Å². The molecule has 0 spiro atoms. The van der Waals surface area contributed by atoms with Crippen LogP contribution in [0, 0.1) is 0 Å². The van der Waals surface area contributed by atoms with Gasteiger partial charge in [-0.15, -0.1) is 0 Å². The van der Waals surface area contributed by atoms with Gasteiger partial charge in [-0.05, 0) is 96.3 Å². The zero-order valence-electron chi connectivity index (χ0n) is 48.3. The normalized spacial score (nSPS) is 12.9. The molecule has 0 rings (SSSR count). The lowest BCUT2D eigenvalue weighted by molar-refractivity contribution is -0.167. The van der Waals surface area contributed by atoms with E-state index in [9.17, 15) is 14.4 Å². The van der Waals surface area contributed by atoms with Crippen molar-refractivity contribution in [2.75, 3.05) is 13.2 Å². The van der Waals surface area contributed by atoms with Gasteiger partial charge in [-0.2, -0.15) is 0 Å². The molecule has 0 aliphatic heterocycles. The average Bonchev–Trinajstić information content (AvgIpc) is 3.40. The van der Waals surface area contributed by atoms with Crippen molar-refractivity contribution in [2.45, 2.75) is 290 Å². The second kappa shape index (κ2) is 61.6. The Morgan fingerprint density at radius 3 is 0.865 bits per heavy atom. The van der Waals surface area contributed by atoms with E-state index in [0.29, 0.717) is 25.7 Å². The summed E-state index contributed by atoms with van der Waals surface area (Å²) in [7, 11) is 0. The molecule has 0 heterocycles. The fourth-order valence-corrected chi connectivity index (χ4v) is 8.47. The summed E-state index contributed by atoms with van der Waals surface area (Å²) in [5, 5.41) is 0. The van der Waals surface area contributed by atoms with Gasteiger partial charge in [0.15, 0.2) is 6.10 Å². The Kier molecular flexibility index (Phi) is 58.3. The van der Waals surface area contributed by atoms with Crippen LogP contribution < -0.4 is 0 Å². The summed E-state index contributed by atoms with van der Waals surface area (Å²) < 4.78 is 16.8. The van der Waals surface area contributed by atoms with Crippen molar-refractivity contribution in [3.63, 3.8) is 0 Å². The molecule has 1 unspecified atom stereocenters. The minimum atomic E-state index is -0.826. The topological polar surface area (TPSA) is 78.9 Å². The smallest absolute Gasteiger partial charge is 0.306 e. The molecule has 0 saturated carbocycles. The van der Waals surface area contributed by atoms with Crippen LogP contribution in [0.1, 0.15) is 284 Å². The lowest BCUT2D eigenvalue weighted by atomic mass is 10.0. The molecule has 0 aliphatic rings. The summed E-state index contributed by atoms with van der Waals surface area (Å²) in [6.07, 6.45) is 84.0. The Morgan fingerprint density at radius 1 is 0.284 bits per heavy atom. The van der Waals surface area contributed by atoms with Gasteiger partial charge in [-0.25, -0.2) is 0 Å². The third kappa shape index (κ3) is 59.0. The van der Waals surface area contributed by atoms with Crippen molar-refractivity contribution < 1.29 is 28.6 Å². The first-order valence-electron chi connectivity index (χ1n) is 30.9. The largest absolute Gasteiger partial charge is 0.462 e. The summed E-state index contributed by atoms with van der Waals surface area (Å²) in [5.41, 5.74) is 0. The highest BCUT2D eigenvalue weighted by Crippen LogP contribution is 2.17. The van der Waals surface area contributed by atoms with Gasteiger partial charge in [0, 0.05) is 19.3 Å². The summed E-state index contributed by atoms with van der Waals surface area (Å²) in [6, 6.07) is 0. The number of esters is 3. The highest BCUT2D eigenvalue weighted by atomic mass is 16.6. The fourth-order valence-electron chi connectivity index (χ4n) is 8.47. The zero-order chi connectivity index (χ0) is 53.6. The molecule has 0 bridgehead atoms. The highest BCUT2D eigenvalue weighted by molar-refractivity contribution is 5.71. The SMILES string of the molecule is CC/C=C\C/C=C\C/C=C\C/C=C\C/C=C\CCCC(=O)OC(COC(=O)CCCC/C=C\C/C=C\C/C=C\C/C=C\CC)COC(=O)CCCCCCCCCCCCCCCCCCCCCCCCCC. The summed E-state index contributed by atoms with van der Waals surface area (Å²) in [5.74, 6) is -1.01. The molecule has 6 heteroatoms. The Balaban J connectivity index is 4.41. The molecule has 0 N–H and O–H groups in total. The van der Waals surface area contributed by atoms with Crippen LogP contribution in [0.5, 0.6) is 0 Å². The van der Waals surface area contributed by atoms with Gasteiger partial charge < -0.3 is 14.2 Å². The van der Waals surface area contributed by atoms with Crippen LogP contribution in [0.25, 0.3) is 0 Å². The van der Waals surface area contributed by atoms with Crippen molar-refractivity contribution in [3.8, 4) is 0 Å². The van der Waals surface area contributed by atoms with Gasteiger partial charge in [0.25, 0.3) is 0 Å². The maximum Gasteiger partial charge on any atom is 0.306 e. The Morgan fingerprint density at radius 2 is 0.541 bits per heavy atom. The maximum atomic E-state index is 12.9. The first-order chi connectivity index (χ1) is 36.5. The molecule has 0 aromatic heterocycles. The lowest BCUT2D eigenvalue weighted by Gasteiger charge is -2.18. The predicted molar refractivity (Wildman–Crippen MR) is 320 cm³/mol. The van der Waals surface area contributed by atoms with E-state index in [1.54, 1.807) is 0 Å². The number of ether oxygens (including phenoxy) is 3. The minimum absolute atomic E-state index is 0.113. The van der Waals surface area contributed by atoms with Gasteiger partial charge in [-0.3, -0.25) is 14.4 Å². The van der Waals surface area contributed by atoms with Gasteiger partial charge in [0.2, 0.25) is 0 Å². The number of carbonyl (C=O) groups excluding carboxylic acids is 3. The van der Waals surface area contributed by atoms with Crippen molar-refractivity contribution in [1.29, 1.82) is 0 Å². The van der Waals surface area contributed by atoms with E-state index < -0.39 is 6.10 Å².